The molecule has 1 aromatic carbocycles. The van der Waals surface area contributed by atoms with Crippen LogP contribution < -0.4 is 4.90 Å². The van der Waals surface area contributed by atoms with Crippen LogP contribution in [0.5, 0.6) is 0 Å². The van der Waals surface area contributed by atoms with Gasteiger partial charge >= 0.3 is 5.97 Å². The van der Waals surface area contributed by atoms with Gasteiger partial charge in [0.2, 0.25) is 0 Å². The summed E-state index contributed by atoms with van der Waals surface area (Å²) in [6, 6.07) is 9.26. The summed E-state index contributed by atoms with van der Waals surface area (Å²) in [6.07, 6.45) is 6.00. The van der Waals surface area contributed by atoms with Crippen molar-refractivity contribution in [2.75, 3.05) is 31.1 Å². The highest BCUT2D eigenvalue weighted by Gasteiger charge is 2.53. The normalized spacial score (nSPS) is 36.3. The molecule has 0 N–H and O–H groups in total. The summed E-state index contributed by atoms with van der Waals surface area (Å²) in [7, 11) is 0. The van der Waals surface area contributed by atoms with E-state index in [9.17, 15) is 4.79 Å². The summed E-state index contributed by atoms with van der Waals surface area (Å²) in [6.45, 7) is 13.1. The van der Waals surface area contributed by atoms with Gasteiger partial charge in [0.05, 0.1) is 5.92 Å². The number of piperazine rings is 1. The first-order valence-electron chi connectivity index (χ1n) is 12.3. The quantitative estimate of drug-likeness (QED) is 0.509. The van der Waals surface area contributed by atoms with Gasteiger partial charge in [0.15, 0.2) is 0 Å². The Morgan fingerprint density at radius 1 is 1.23 bits per heavy atom. The number of hydrogen-bond donors (Lipinski definition) is 0. The second kappa shape index (κ2) is 7.95. The van der Waals surface area contributed by atoms with Crippen LogP contribution in [0, 0.1) is 24.2 Å². The third-order valence-electron chi connectivity index (χ3n) is 8.68. The van der Waals surface area contributed by atoms with Crippen molar-refractivity contribution in [1.29, 1.82) is 0 Å². The summed E-state index contributed by atoms with van der Waals surface area (Å²) < 4.78 is 6.00. The number of aryl methyl sites for hydroxylation is 1. The Morgan fingerprint density at radius 2 is 2.06 bits per heavy atom. The summed E-state index contributed by atoms with van der Waals surface area (Å²) in [5, 5.41) is 0. The SMILES string of the molecule is CC1=C2C[C@@H]3[C@H](CN4CCN(c5cccc(C)c5)[C@@H](C)C4)C(=O)O[C@@H]3C[C@@]2(C)CCC1. The maximum absolute atomic E-state index is 12.9. The van der Waals surface area contributed by atoms with Crippen molar-refractivity contribution in [3.8, 4) is 0 Å². The average molecular weight is 423 g/mol. The molecule has 1 aromatic rings. The molecular weight excluding hydrogens is 384 g/mol. The molecule has 0 amide bonds. The Morgan fingerprint density at radius 3 is 2.84 bits per heavy atom. The number of benzene rings is 1. The van der Waals surface area contributed by atoms with E-state index in [4.69, 9.17) is 4.74 Å². The number of fused-ring (bicyclic) bond motifs is 2. The van der Waals surface area contributed by atoms with E-state index in [2.05, 4.69) is 61.8 Å². The molecule has 3 fully saturated rings. The zero-order valence-electron chi connectivity index (χ0n) is 19.7. The van der Waals surface area contributed by atoms with Crippen molar-refractivity contribution in [3.05, 3.63) is 41.0 Å². The topological polar surface area (TPSA) is 32.8 Å². The van der Waals surface area contributed by atoms with E-state index in [1.54, 1.807) is 11.1 Å². The molecule has 4 nitrogen and oxygen atoms in total. The first kappa shape index (κ1) is 21.1. The lowest BCUT2D eigenvalue weighted by Gasteiger charge is -2.46. The number of nitrogens with zero attached hydrogens (tertiary/aromatic N) is 2. The molecule has 5 atom stereocenters. The minimum atomic E-state index is 0.0366. The number of ether oxygens (including phenoxy) is 1. The largest absolute Gasteiger partial charge is 0.462 e. The molecule has 1 saturated carbocycles. The Balaban J connectivity index is 1.27. The Hall–Kier alpha value is -1.81. The zero-order chi connectivity index (χ0) is 21.8. The van der Waals surface area contributed by atoms with Gasteiger partial charge in [-0.05, 0) is 76.0 Å². The van der Waals surface area contributed by atoms with Crippen LogP contribution in [0.2, 0.25) is 0 Å². The second-order valence-corrected chi connectivity index (χ2v) is 11.0. The van der Waals surface area contributed by atoms with Crippen LogP contribution in [0.3, 0.4) is 0 Å². The van der Waals surface area contributed by atoms with E-state index in [-0.39, 0.29) is 23.4 Å². The van der Waals surface area contributed by atoms with Gasteiger partial charge < -0.3 is 9.64 Å². The number of esters is 1. The van der Waals surface area contributed by atoms with Crippen LogP contribution in [0.1, 0.15) is 58.4 Å². The third-order valence-corrected chi connectivity index (χ3v) is 8.68. The number of allylic oxidation sites excluding steroid dienone is 2. The average Bonchev–Trinajstić information content (AvgIpc) is 3.00. The van der Waals surface area contributed by atoms with Crippen molar-refractivity contribution in [2.24, 2.45) is 17.3 Å². The van der Waals surface area contributed by atoms with Crippen LogP contribution in [0.25, 0.3) is 0 Å². The van der Waals surface area contributed by atoms with Crippen molar-refractivity contribution >= 4 is 11.7 Å². The molecule has 31 heavy (non-hydrogen) atoms. The van der Waals surface area contributed by atoms with Gasteiger partial charge in [0.1, 0.15) is 6.10 Å². The Bertz CT molecular complexity index is 893. The Kier molecular flexibility index (Phi) is 5.40. The van der Waals surface area contributed by atoms with E-state index < -0.39 is 0 Å². The van der Waals surface area contributed by atoms with E-state index in [1.165, 1.54) is 30.5 Å². The molecule has 2 saturated heterocycles. The van der Waals surface area contributed by atoms with Gasteiger partial charge in [0.25, 0.3) is 0 Å². The first-order valence-corrected chi connectivity index (χ1v) is 12.3. The highest BCUT2D eigenvalue weighted by Crippen LogP contribution is 2.55. The molecule has 4 heteroatoms. The minimum absolute atomic E-state index is 0.0366. The highest BCUT2D eigenvalue weighted by molar-refractivity contribution is 5.76. The number of anilines is 1. The lowest BCUT2D eigenvalue weighted by Crippen LogP contribution is -2.53. The molecule has 168 valence electrons. The molecule has 0 aromatic heterocycles. The van der Waals surface area contributed by atoms with Crippen LogP contribution >= 0.6 is 0 Å². The highest BCUT2D eigenvalue weighted by atomic mass is 16.6. The van der Waals surface area contributed by atoms with Gasteiger partial charge in [0, 0.05) is 43.8 Å². The number of hydrogen-bond acceptors (Lipinski definition) is 4. The lowest BCUT2D eigenvalue weighted by atomic mass is 9.59. The minimum Gasteiger partial charge on any atom is -0.462 e. The second-order valence-electron chi connectivity index (χ2n) is 11.0. The van der Waals surface area contributed by atoms with E-state index >= 15 is 0 Å². The summed E-state index contributed by atoms with van der Waals surface area (Å²) >= 11 is 0. The predicted octanol–water partition coefficient (Wildman–Crippen LogP) is 4.96. The maximum atomic E-state index is 12.9. The summed E-state index contributed by atoms with van der Waals surface area (Å²) in [4.78, 5) is 18.0. The number of rotatable bonds is 3. The molecule has 2 aliphatic carbocycles. The number of carbonyl (C=O) groups is 1. The van der Waals surface area contributed by atoms with Crippen LogP contribution in [0.4, 0.5) is 5.69 Å². The van der Waals surface area contributed by atoms with Crippen LogP contribution in [-0.2, 0) is 9.53 Å². The maximum Gasteiger partial charge on any atom is 0.310 e. The smallest absolute Gasteiger partial charge is 0.310 e. The van der Waals surface area contributed by atoms with Crippen molar-refractivity contribution < 1.29 is 9.53 Å². The fraction of sp³-hybridized carbons (Fsp3) is 0.667. The van der Waals surface area contributed by atoms with Gasteiger partial charge in [-0.3, -0.25) is 9.69 Å². The van der Waals surface area contributed by atoms with Crippen molar-refractivity contribution in [2.45, 2.75) is 71.9 Å². The van der Waals surface area contributed by atoms with Crippen molar-refractivity contribution in [1.82, 2.24) is 4.90 Å². The molecule has 5 rings (SSSR count). The molecule has 0 spiro atoms. The standard InChI is InChI=1S/C27H38N2O2/c1-18-7-5-9-21(13-18)29-12-11-28(16-20(29)3)17-23-22-14-24-19(2)8-6-10-27(24,4)15-25(22)31-26(23)30/h5,7,9,13,20,22-23,25H,6,8,10-12,14-17H2,1-4H3/t20-,22+,23-,25+,27+/m0/s1. The van der Waals surface area contributed by atoms with E-state index in [0.29, 0.717) is 12.0 Å². The molecule has 2 heterocycles. The van der Waals surface area contributed by atoms with Crippen LogP contribution in [-0.4, -0.2) is 49.2 Å². The Labute approximate surface area is 187 Å². The predicted molar refractivity (Wildman–Crippen MR) is 125 cm³/mol. The molecule has 0 radical (unpaired) electrons. The molecule has 0 bridgehead atoms. The molecular formula is C27H38N2O2. The van der Waals surface area contributed by atoms with Gasteiger partial charge in [-0.2, -0.15) is 0 Å². The monoisotopic (exact) mass is 422 g/mol. The fourth-order valence-electron chi connectivity index (χ4n) is 6.99. The number of carbonyl (C=O) groups excluding carboxylic acids is 1. The zero-order valence-corrected chi connectivity index (χ0v) is 19.7. The molecule has 2 aliphatic heterocycles. The van der Waals surface area contributed by atoms with Gasteiger partial charge in [-0.25, -0.2) is 0 Å². The lowest BCUT2D eigenvalue weighted by molar-refractivity contribution is -0.145. The fourth-order valence-corrected chi connectivity index (χ4v) is 6.99. The van der Waals surface area contributed by atoms with E-state index in [0.717, 1.165) is 39.0 Å². The van der Waals surface area contributed by atoms with E-state index in [1.807, 2.05) is 0 Å². The summed E-state index contributed by atoms with van der Waals surface area (Å²) in [5.74, 6) is 0.465. The first-order chi connectivity index (χ1) is 14.8. The van der Waals surface area contributed by atoms with Crippen molar-refractivity contribution in [3.63, 3.8) is 0 Å². The van der Waals surface area contributed by atoms with Gasteiger partial charge in [-0.1, -0.05) is 30.2 Å². The van der Waals surface area contributed by atoms with Gasteiger partial charge in [-0.15, -0.1) is 0 Å². The van der Waals surface area contributed by atoms with Crippen LogP contribution in [0.15, 0.2) is 35.4 Å². The third kappa shape index (κ3) is 3.82. The summed E-state index contributed by atoms with van der Waals surface area (Å²) in [5.41, 5.74) is 6.13. The molecule has 4 aliphatic rings. The molecule has 0 unspecified atom stereocenters.